The lowest BCUT2D eigenvalue weighted by Gasteiger charge is -2.36. The van der Waals surface area contributed by atoms with Crippen LogP contribution in [0, 0.1) is 17.8 Å². The maximum absolute atomic E-state index is 13.8. The zero-order valence-corrected chi connectivity index (χ0v) is 10.8. The van der Waals surface area contributed by atoms with Gasteiger partial charge in [0.25, 0.3) is 0 Å². The second-order valence-electron chi connectivity index (χ2n) is 6.21. The van der Waals surface area contributed by atoms with Gasteiger partial charge in [0, 0.05) is 11.8 Å². The Hall–Kier alpha value is -0.110. The predicted octanol–water partition coefficient (Wildman–Crippen LogP) is 2.08. The molecule has 0 aromatic heterocycles. The van der Waals surface area contributed by atoms with E-state index in [9.17, 15) is 4.39 Å². The molecule has 0 radical (unpaired) electrons. The Morgan fingerprint density at radius 3 is 2.50 bits per heavy atom. The lowest BCUT2D eigenvalue weighted by atomic mass is 9.84. The SMILES string of the molecule is CC1CC[NH+](CC2CCCCC2F)CC1C. The summed E-state index contributed by atoms with van der Waals surface area (Å²) in [6, 6.07) is 0. The van der Waals surface area contributed by atoms with Crippen LogP contribution in [0.25, 0.3) is 0 Å². The highest BCUT2D eigenvalue weighted by molar-refractivity contribution is 4.75. The van der Waals surface area contributed by atoms with Crippen LogP contribution in [0.1, 0.15) is 46.0 Å². The predicted molar refractivity (Wildman–Crippen MR) is 65.4 cm³/mol. The van der Waals surface area contributed by atoms with Gasteiger partial charge in [0.15, 0.2) is 0 Å². The van der Waals surface area contributed by atoms with Gasteiger partial charge in [0.1, 0.15) is 6.17 Å². The maximum atomic E-state index is 13.8. The number of piperidine rings is 1. The van der Waals surface area contributed by atoms with Gasteiger partial charge in [-0.3, -0.25) is 0 Å². The summed E-state index contributed by atoms with van der Waals surface area (Å²) in [6.45, 7) is 8.36. The molecule has 5 unspecified atom stereocenters. The molecular formula is C14H27FN+. The van der Waals surface area contributed by atoms with Crippen molar-refractivity contribution in [3.05, 3.63) is 0 Å². The molecule has 2 rings (SSSR count). The third-order valence-electron chi connectivity index (χ3n) is 4.90. The summed E-state index contributed by atoms with van der Waals surface area (Å²) in [6.07, 6.45) is 5.15. The number of halogens is 1. The lowest BCUT2D eigenvalue weighted by molar-refractivity contribution is -0.913. The van der Waals surface area contributed by atoms with Crippen LogP contribution in [-0.2, 0) is 0 Å². The molecule has 16 heavy (non-hydrogen) atoms. The van der Waals surface area contributed by atoms with Crippen molar-refractivity contribution in [2.24, 2.45) is 17.8 Å². The number of rotatable bonds is 2. The van der Waals surface area contributed by atoms with Crippen molar-refractivity contribution in [3.8, 4) is 0 Å². The summed E-state index contributed by atoms with van der Waals surface area (Å²) in [7, 11) is 0. The largest absolute Gasteiger partial charge is 0.334 e. The molecule has 1 saturated heterocycles. The van der Waals surface area contributed by atoms with E-state index in [0.29, 0.717) is 5.92 Å². The number of likely N-dealkylation sites (tertiary alicyclic amines) is 1. The fraction of sp³-hybridized carbons (Fsp3) is 1.00. The first-order valence-electron chi connectivity index (χ1n) is 7.14. The summed E-state index contributed by atoms with van der Waals surface area (Å²) in [5.41, 5.74) is 0. The number of hydrogen-bond acceptors (Lipinski definition) is 0. The van der Waals surface area contributed by atoms with Gasteiger partial charge in [-0.15, -0.1) is 0 Å². The maximum Gasteiger partial charge on any atom is 0.108 e. The Morgan fingerprint density at radius 1 is 1.06 bits per heavy atom. The Bertz CT molecular complexity index is 219. The van der Waals surface area contributed by atoms with E-state index in [1.165, 1.54) is 25.9 Å². The smallest absolute Gasteiger partial charge is 0.108 e. The van der Waals surface area contributed by atoms with Gasteiger partial charge < -0.3 is 4.90 Å². The van der Waals surface area contributed by atoms with Gasteiger partial charge in [-0.05, 0) is 25.2 Å². The quantitative estimate of drug-likeness (QED) is 0.738. The van der Waals surface area contributed by atoms with Crippen LogP contribution in [0.15, 0.2) is 0 Å². The molecule has 2 heteroatoms. The summed E-state index contributed by atoms with van der Waals surface area (Å²) >= 11 is 0. The minimum absolute atomic E-state index is 0.365. The Balaban J connectivity index is 1.80. The lowest BCUT2D eigenvalue weighted by Crippen LogP contribution is -3.14. The van der Waals surface area contributed by atoms with Crippen LogP contribution in [0.2, 0.25) is 0 Å². The molecule has 1 aliphatic carbocycles. The number of nitrogens with one attached hydrogen (secondary N) is 1. The first-order chi connectivity index (χ1) is 7.66. The number of hydrogen-bond donors (Lipinski definition) is 1. The summed E-state index contributed by atoms with van der Waals surface area (Å²) < 4.78 is 13.8. The molecule has 0 amide bonds. The average molecular weight is 228 g/mol. The molecule has 0 bridgehead atoms. The van der Waals surface area contributed by atoms with Crippen molar-refractivity contribution in [2.45, 2.75) is 52.1 Å². The Labute approximate surface area is 99.4 Å². The molecule has 1 saturated carbocycles. The van der Waals surface area contributed by atoms with E-state index in [2.05, 4.69) is 13.8 Å². The van der Waals surface area contributed by atoms with E-state index in [4.69, 9.17) is 0 Å². The van der Waals surface area contributed by atoms with Gasteiger partial charge in [0.05, 0.1) is 19.6 Å². The van der Waals surface area contributed by atoms with Gasteiger partial charge in [-0.25, -0.2) is 4.39 Å². The number of quaternary nitrogens is 1. The fourth-order valence-corrected chi connectivity index (χ4v) is 3.42. The highest BCUT2D eigenvalue weighted by Gasteiger charge is 2.32. The monoisotopic (exact) mass is 228 g/mol. The standard InChI is InChI=1S/C14H26FN/c1-11-7-8-16(9-12(11)2)10-13-5-3-4-6-14(13)15/h11-14H,3-10H2,1-2H3/p+1. The highest BCUT2D eigenvalue weighted by atomic mass is 19.1. The summed E-state index contributed by atoms with van der Waals surface area (Å²) in [5, 5.41) is 0. The van der Waals surface area contributed by atoms with Gasteiger partial charge >= 0.3 is 0 Å². The normalized spacial score (nSPS) is 45.6. The summed E-state index contributed by atoms with van der Waals surface area (Å²) in [5.74, 6) is 2.06. The fourth-order valence-electron chi connectivity index (χ4n) is 3.42. The molecule has 5 atom stereocenters. The molecule has 1 N–H and O–H groups in total. The highest BCUT2D eigenvalue weighted by Crippen LogP contribution is 2.26. The van der Waals surface area contributed by atoms with Crippen LogP contribution < -0.4 is 4.90 Å². The first-order valence-corrected chi connectivity index (χ1v) is 7.14. The summed E-state index contributed by atoms with van der Waals surface area (Å²) in [4.78, 5) is 1.67. The molecule has 0 aromatic carbocycles. The van der Waals surface area contributed by atoms with Crippen LogP contribution >= 0.6 is 0 Å². The minimum atomic E-state index is -0.504. The molecule has 0 spiro atoms. The molecule has 0 aromatic rings. The minimum Gasteiger partial charge on any atom is -0.334 e. The van der Waals surface area contributed by atoms with E-state index < -0.39 is 6.17 Å². The van der Waals surface area contributed by atoms with Crippen molar-refractivity contribution in [1.29, 1.82) is 0 Å². The van der Waals surface area contributed by atoms with Crippen molar-refractivity contribution < 1.29 is 9.29 Å². The Kier molecular flexibility index (Phi) is 4.23. The van der Waals surface area contributed by atoms with Crippen molar-refractivity contribution in [3.63, 3.8) is 0 Å². The van der Waals surface area contributed by atoms with Gasteiger partial charge in [-0.1, -0.05) is 26.7 Å². The molecule has 2 fully saturated rings. The first kappa shape index (κ1) is 12.3. The van der Waals surface area contributed by atoms with E-state index in [0.717, 1.165) is 37.6 Å². The van der Waals surface area contributed by atoms with Crippen LogP contribution in [0.3, 0.4) is 0 Å². The molecular weight excluding hydrogens is 201 g/mol. The zero-order chi connectivity index (χ0) is 11.5. The topological polar surface area (TPSA) is 4.44 Å². The van der Waals surface area contributed by atoms with Gasteiger partial charge in [-0.2, -0.15) is 0 Å². The number of alkyl halides is 1. The van der Waals surface area contributed by atoms with Crippen molar-refractivity contribution >= 4 is 0 Å². The molecule has 1 nitrogen and oxygen atoms in total. The third kappa shape index (κ3) is 2.97. The van der Waals surface area contributed by atoms with Crippen LogP contribution in [0.5, 0.6) is 0 Å². The van der Waals surface area contributed by atoms with E-state index >= 15 is 0 Å². The van der Waals surface area contributed by atoms with E-state index in [1.807, 2.05) is 0 Å². The van der Waals surface area contributed by atoms with Crippen LogP contribution in [0.4, 0.5) is 4.39 Å². The van der Waals surface area contributed by atoms with Gasteiger partial charge in [0.2, 0.25) is 0 Å². The molecule has 2 aliphatic rings. The van der Waals surface area contributed by atoms with Crippen molar-refractivity contribution in [2.75, 3.05) is 19.6 Å². The molecule has 1 heterocycles. The third-order valence-corrected chi connectivity index (χ3v) is 4.90. The van der Waals surface area contributed by atoms with E-state index in [1.54, 1.807) is 4.90 Å². The molecule has 1 aliphatic heterocycles. The average Bonchev–Trinajstić information content (AvgIpc) is 2.27. The Morgan fingerprint density at radius 2 is 1.81 bits per heavy atom. The van der Waals surface area contributed by atoms with Crippen molar-refractivity contribution in [1.82, 2.24) is 0 Å². The molecule has 94 valence electrons. The van der Waals surface area contributed by atoms with Crippen LogP contribution in [-0.4, -0.2) is 25.8 Å². The second kappa shape index (κ2) is 5.48. The second-order valence-corrected chi connectivity index (χ2v) is 6.21. The zero-order valence-electron chi connectivity index (χ0n) is 10.8. The van der Waals surface area contributed by atoms with E-state index in [-0.39, 0.29) is 0 Å².